The predicted octanol–water partition coefficient (Wildman–Crippen LogP) is 1.66. The first-order valence-corrected chi connectivity index (χ1v) is 15.5. The third-order valence-electron chi connectivity index (χ3n) is 7.39. The number of hydrogen-bond acceptors (Lipinski definition) is 12. The first-order valence-electron chi connectivity index (χ1n) is 12.5. The van der Waals surface area contributed by atoms with Crippen molar-refractivity contribution in [1.29, 1.82) is 0 Å². The first kappa shape index (κ1) is 28.4. The summed E-state index contributed by atoms with van der Waals surface area (Å²) in [5.41, 5.74) is 0. The topological polar surface area (TPSA) is 210 Å². The lowest BCUT2D eigenvalue weighted by molar-refractivity contribution is 0.180. The van der Waals surface area contributed by atoms with Crippen molar-refractivity contribution in [2.24, 2.45) is 11.8 Å². The van der Waals surface area contributed by atoms with Crippen molar-refractivity contribution < 1.29 is 25.9 Å². The van der Waals surface area contributed by atoms with E-state index in [9.17, 15) is 25.9 Å². The van der Waals surface area contributed by atoms with Crippen LogP contribution in [0.5, 0.6) is 0 Å². The van der Waals surface area contributed by atoms with E-state index in [2.05, 4.69) is 40.5 Å². The lowest BCUT2D eigenvalue weighted by Crippen LogP contribution is -2.50. The summed E-state index contributed by atoms with van der Waals surface area (Å²) in [7, 11) is -9.04. The van der Waals surface area contributed by atoms with E-state index < -0.39 is 42.6 Å². The smallest absolute Gasteiger partial charge is 0.268 e. The van der Waals surface area contributed by atoms with Gasteiger partial charge in [0.2, 0.25) is 11.9 Å². The third kappa shape index (κ3) is 6.90. The second-order valence-electron chi connectivity index (χ2n) is 10.3. The minimum Gasteiger partial charge on any atom is -0.351 e. The van der Waals surface area contributed by atoms with Crippen LogP contribution in [0.4, 0.5) is 11.9 Å². The predicted molar refractivity (Wildman–Crippen MR) is 139 cm³/mol. The molecular formula is C22H34N8O6S2. The highest BCUT2D eigenvalue weighted by Crippen LogP contribution is 2.44. The van der Waals surface area contributed by atoms with Gasteiger partial charge in [0.25, 0.3) is 20.2 Å². The first-order chi connectivity index (χ1) is 17.7. The van der Waals surface area contributed by atoms with Gasteiger partial charge in [-0.1, -0.05) is 0 Å². The van der Waals surface area contributed by atoms with Crippen molar-refractivity contribution in [2.75, 3.05) is 10.6 Å². The Balaban J connectivity index is 1.53. The van der Waals surface area contributed by atoms with E-state index in [0.29, 0.717) is 60.9 Å². The van der Waals surface area contributed by atoms with Crippen LogP contribution in [-0.4, -0.2) is 78.4 Å². The molecule has 0 bridgehead atoms. The third-order valence-corrected chi connectivity index (χ3v) is 10.00. The SMILES string of the molecule is Cc1nc(C)nc(NC2CCC(C3CCC(Nc4nc(C)nc(C)n4)CC3S(=O)(=O)O)C(S(=O)(=O)O)C2)n1. The van der Waals surface area contributed by atoms with E-state index in [4.69, 9.17) is 0 Å². The molecule has 210 valence electrons. The monoisotopic (exact) mass is 570 g/mol. The van der Waals surface area contributed by atoms with Gasteiger partial charge in [-0.25, -0.2) is 9.97 Å². The Morgan fingerprint density at radius 3 is 1.18 bits per heavy atom. The van der Waals surface area contributed by atoms with Crippen LogP contribution in [-0.2, 0) is 20.2 Å². The van der Waals surface area contributed by atoms with Crippen LogP contribution in [0.25, 0.3) is 0 Å². The average molecular weight is 571 g/mol. The summed E-state index contributed by atoms with van der Waals surface area (Å²) in [6, 6.07) is -0.700. The standard InChI is InChI=1S/C22H34N8O6S2/c1-11-23-12(2)26-21(25-11)29-15-5-7-17(19(9-15)37(31,32)33)18-8-6-16(10-20(18)38(34,35)36)30-22-27-13(3)24-14(4)28-22/h15-20H,5-10H2,1-4H3,(H,31,32,33)(H,34,35,36)(H,23,25,26,29)(H,24,27,28,30). The van der Waals surface area contributed by atoms with Gasteiger partial charge in [0.1, 0.15) is 23.3 Å². The molecule has 16 heteroatoms. The Labute approximate surface area is 222 Å². The summed E-state index contributed by atoms with van der Waals surface area (Å²) in [6.07, 6.45) is 1.80. The molecule has 6 atom stereocenters. The Morgan fingerprint density at radius 1 is 0.579 bits per heavy atom. The van der Waals surface area contributed by atoms with Crippen LogP contribution in [0.3, 0.4) is 0 Å². The summed E-state index contributed by atoms with van der Waals surface area (Å²) in [5.74, 6) is 1.40. The molecule has 2 aromatic rings. The largest absolute Gasteiger partial charge is 0.351 e. The number of anilines is 2. The molecule has 0 saturated heterocycles. The number of aryl methyl sites for hydroxylation is 4. The lowest BCUT2D eigenvalue weighted by Gasteiger charge is -2.44. The number of nitrogens with zero attached hydrogens (tertiary/aromatic N) is 6. The molecule has 4 N–H and O–H groups in total. The zero-order valence-electron chi connectivity index (χ0n) is 21.7. The zero-order chi connectivity index (χ0) is 27.8. The second-order valence-corrected chi connectivity index (χ2v) is 13.5. The lowest BCUT2D eigenvalue weighted by atomic mass is 9.71. The molecule has 0 aromatic carbocycles. The van der Waals surface area contributed by atoms with E-state index in [-0.39, 0.29) is 24.9 Å². The Morgan fingerprint density at radius 2 is 0.895 bits per heavy atom. The fourth-order valence-electron chi connectivity index (χ4n) is 5.96. The summed E-state index contributed by atoms with van der Waals surface area (Å²) >= 11 is 0. The number of nitrogens with one attached hydrogen (secondary N) is 2. The molecule has 2 fully saturated rings. The molecule has 2 aliphatic rings. The van der Waals surface area contributed by atoms with Crippen LogP contribution in [0.1, 0.15) is 61.8 Å². The molecule has 2 heterocycles. The number of aromatic nitrogens is 6. The summed E-state index contributed by atoms with van der Waals surface area (Å²) in [5, 5.41) is 3.87. The molecule has 0 spiro atoms. The van der Waals surface area contributed by atoms with Crippen molar-refractivity contribution in [2.45, 2.75) is 88.8 Å². The van der Waals surface area contributed by atoms with Gasteiger partial charge in [-0.05, 0) is 78.1 Å². The minimum absolute atomic E-state index is 0.0487. The van der Waals surface area contributed by atoms with Gasteiger partial charge in [-0.3, -0.25) is 9.11 Å². The van der Waals surface area contributed by atoms with E-state index >= 15 is 0 Å². The maximum Gasteiger partial charge on any atom is 0.268 e. The maximum atomic E-state index is 12.5. The van der Waals surface area contributed by atoms with Gasteiger partial charge in [0.05, 0.1) is 10.5 Å². The maximum absolute atomic E-state index is 12.5. The van der Waals surface area contributed by atoms with E-state index in [1.54, 1.807) is 27.7 Å². The molecule has 0 amide bonds. The normalized spacial score (nSPS) is 28.6. The summed E-state index contributed by atoms with van der Waals surface area (Å²) in [6.45, 7) is 6.90. The molecule has 14 nitrogen and oxygen atoms in total. The number of rotatable bonds is 7. The van der Waals surface area contributed by atoms with Crippen LogP contribution in [0.15, 0.2) is 0 Å². The zero-order valence-corrected chi connectivity index (χ0v) is 23.4. The van der Waals surface area contributed by atoms with Crippen LogP contribution >= 0.6 is 0 Å². The van der Waals surface area contributed by atoms with E-state index in [1.165, 1.54) is 0 Å². The van der Waals surface area contributed by atoms with Gasteiger partial charge in [0, 0.05) is 12.1 Å². The molecule has 4 rings (SSSR count). The highest BCUT2D eigenvalue weighted by molar-refractivity contribution is 7.86. The molecule has 2 aromatic heterocycles. The average Bonchev–Trinajstić information content (AvgIpc) is 2.76. The Hall–Kier alpha value is -2.56. The highest BCUT2D eigenvalue weighted by atomic mass is 32.2. The fourth-order valence-corrected chi connectivity index (χ4v) is 8.47. The van der Waals surface area contributed by atoms with Crippen molar-refractivity contribution in [3.8, 4) is 0 Å². The molecule has 2 aliphatic carbocycles. The van der Waals surface area contributed by atoms with Gasteiger partial charge < -0.3 is 10.6 Å². The Bertz CT molecular complexity index is 1240. The molecule has 2 saturated carbocycles. The fraction of sp³-hybridized carbons (Fsp3) is 0.727. The Kier molecular flexibility index (Phi) is 8.16. The van der Waals surface area contributed by atoms with Crippen LogP contribution < -0.4 is 10.6 Å². The van der Waals surface area contributed by atoms with Crippen LogP contribution in [0.2, 0.25) is 0 Å². The quantitative estimate of drug-likeness (QED) is 0.349. The molecule has 38 heavy (non-hydrogen) atoms. The molecular weight excluding hydrogens is 536 g/mol. The van der Waals surface area contributed by atoms with E-state index in [1.807, 2.05) is 0 Å². The summed E-state index contributed by atoms with van der Waals surface area (Å²) in [4.78, 5) is 25.2. The van der Waals surface area contributed by atoms with Gasteiger partial charge in [0.15, 0.2) is 0 Å². The number of hydrogen-bond donors (Lipinski definition) is 4. The van der Waals surface area contributed by atoms with Gasteiger partial charge in [-0.2, -0.15) is 36.8 Å². The molecule has 0 aliphatic heterocycles. The highest BCUT2D eigenvalue weighted by Gasteiger charge is 2.49. The summed E-state index contributed by atoms with van der Waals surface area (Å²) < 4.78 is 70.4. The molecule has 6 unspecified atom stereocenters. The van der Waals surface area contributed by atoms with Crippen molar-refractivity contribution in [1.82, 2.24) is 29.9 Å². The van der Waals surface area contributed by atoms with Crippen LogP contribution in [0, 0.1) is 39.5 Å². The van der Waals surface area contributed by atoms with Gasteiger partial charge >= 0.3 is 0 Å². The molecule has 0 radical (unpaired) electrons. The second kappa shape index (κ2) is 10.9. The van der Waals surface area contributed by atoms with Crippen molar-refractivity contribution in [3.05, 3.63) is 23.3 Å². The van der Waals surface area contributed by atoms with Crippen molar-refractivity contribution in [3.63, 3.8) is 0 Å². The van der Waals surface area contributed by atoms with Gasteiger partial charge in [-0.15, -0.1) is 0 Å². The van der Waals surface area contributed by atoms with E-state index in [0.717, 1.165) is 0 Å². The minimum atomic E-state index is -4.52. The van der Waals surface area contributed by atoms with Crippen molar-refractivity contribution >= 4 is 32.1 Å².